The van der Waals surface area contributed by atoms with Gasteiger partial charge in [-0.1, -0.05) is 6.07 Å². The number of rotatable bonds is 0. The van der Waals surface area contributed by atoms with E-state index in [-0.39, 0.29) is 0 Å². The maximum atomic E-state index is 4.16. The molecule has 2 heterocycles. The van der Waals surface area contributed by atoms with Gasteiger partial charge in [0.15, 0.2) is 0 Å². The Labute approximate surface area is 76.6 Å². The van der Waals surface area contributed by atoms with E-state index < -0.39 is 0 Å². The molecule has 0 unspecified atom stereocenters. The molecule has 1 aromatic heterocycles. The number of fused-ring (bicyclic) bond motifs is 3. The monoisotopic (exact) mass is 170 g/mol. The van der Waals surface area contributed by atoms with E-state index in [0.717, 1.165) is 13.0 Å². The summed E-state index contributed by atoms with van der Waals surface area (Å²) >= 11 is 0. The number of hydrogen-bond acceptors (Lipinski definition) is 2. The summed E-state index contributed by atoms with van der Waals surface area (Å²) in [6, 6.07) is 6.37. The van der Waals surface area contributed by atoms with Crippen LogP contribution in [-0.4, -0.2) is 11.5 Å². The van der Waals surface area contributed by atoms with Crippen molar-refractivity contribution in [1.82, 2.24) is 4.98 Å². The molecule has 0 spiro atoms. The maximum absolute atomic E-state index is 4.16. The largest absolute Gasteiger partial charge is 0.384 e. The Morgan fingerprint density at radius 1 is 1.23 bits per heavy atom. The van der Waals surface area contributed by atoms with Crippen LogP contribution in [-0.2, 0) is 6.42 Å². The van der Waals surface area contributed by atoms with Gasteiger partial charge < -0.3 is 5.32 Å². The van der Waals surface area contributed by atoms with Gasteiger partial charge in [-0.15, -0.1) is 0 Å². The lowest BCUT2D eigenvalue weighted by molar-refractivity contribution is 1.11. The molecule has 0 fully saturated rings. The lowest BCUT2D eigenvalue weighted by Gasteiger charge is -2.03. The second kappa shape index (κ2) is 2.46. The predicted octanol–water partition coefficient (Wildman–Crippen LogP) is 2.20. The normalized spacial score (nSPS) is 14.2. The predicted molar refractivity (Wildman–Crippen MR) is 53.9 cm³/mol. The highest BCUT2D eigenvalue weighted by Gasteiger charge is 2.12. The average molecular weight is 170 g/mol. The Morgan fingerprint density at radius 3 is 3.23 bits per heavy atom. The summed E-state index contributed by atoms with van der Waals surface area (Å²) < 4.78 is 0. The molecule has 0 atom stereocenters. The molecule has 0 saturated carbocycles. The zero-order chi connectivity index (χ0) is 8.67. The summed E-state index contributed by atoms with van der Waals surface area (Å²) in [5, 5.41) is 5.95. The molecule has 2 heteroatoms. The lowest BCUT2D eigenvalue weighted by atomic mass is 10.0. The maximum Gasteiger partial charge on any atom is 0.0380 e. The molecule has 64 valence electrons. The van der Waals surface area contributed by atoms with Crippen molar-refractivity contribution in [3.8, 4) is 0 Å². The second-order valence-electron chi connectivity index (χ2n) is 3.37. The Kier molecular flexibility index (Phi) is 1.30. The van der Waals surface area contributed by atoms with Crippen LogP contribution in [0.2, 0.25) is 0 Å². The molecule has 0 amide bonds. The summed E-state index contributed by atoms with van der Waals surface area (Å²) in [5.41, 5.74) is 2.70. The zero-order valence-corrected chi connectivity index (χ0v) is 7.25. The van der Waals surface area contributed by atoms with Gasteiger partial charge in [0, 0.05) is 30.0 Å². The fourth-order valence-corrected chi connectivity index (χ4v) is 1.98. The molecule has 0 radical (unpaired) electrons. The van der Waals surface area contributed by atoms with Crippen LogP contribution in [0.5, 0.6) is 0 Å². The number of aromatic nitrogens is 1. The van der Waals surface area contributed by atoms with Crippen LogP contribution < -0.4 is 5.32 Å². The van der Waals surface area contributed by atoms with Gasteiger partial charge in [0.2, 0.25) is 0 Å². The summed E-state index contributed by atoms with van der Waals surface area (Å²) in [4.78, 5) is 4.16. The molecule has 1 aromatic carbocycles. The van der Waals surface area contributed by atoms with E-state index in [4.69, 9.17) is 0 Å². The SMILES string of the molecule is c1cc2ccc3c(c2cn1)CCN3. The fraction of sp³-hybridized carbons (Fsp3) is 0.182. The van der Waals surface area contributed by atoms with Crippen LogP contribution in [0.25, 0.3) is 10.8 Å². The Hall–Kier alpha value is -1.57. The van der Waals surface area contributed by atoms with Gasteiger partial charge in [-0.3, -0.25) is 4.98 Å². The summed E-state index contributed by atoms with van der Waals surface area (Å²) in [6.07, 6.45) is 4.93. The van der Waals surface area contributed by atoms with Gasteiger partial charge in [-0.05, 0) is 29.5 Å². The average Bonchev–Trinajstić information content (AvgIpc) is 2.65. The third kappa shape index (κ3) is 0.917. The topological polar surface area (TPSA) is 24.9 Å². The van der Waals surface area contributed by atoms with Crippen LogP contribution >= 0.6 is 0 Å². The molecule has 13 heavy (non-hydrogen) atoms. The van der Waals surface area contributed by atoms with Crippen molar-refractivity contribution in [2.24, 2.45) is 0 Å². The van der Waals surface area contributed by atoms with E-state index in [0.29, 0.717) is 0 Å². The van der Waals surface area contributed by atoms with E-state index in [2.05, 4.69) is 28.5 Å². The third-order valence-corrected chi connectivity index (χ3v) is 2.63. The molecule has 1 N–H and O–H groups in total. The Morgan fingerprint density at radius 2 is 2.23 bits per heavy atom. The standard InChI is InChI=1S/C11H10N2/c1-2-11-9(4-6-13-11)10-7-12-5-3-8(1)10/h1-3,5,7,13H,4,6H2. The molecule has 0 aliphatic carbocycles. The molecular weight excluding hydrogens is 160 g/mol. The van der Waals surface area contributed by atoms with Crippen molar-refractivity contribution < 1.29 is 0 Å². The fourth-order valence-electron chi connectivity index (χ4n) is 1.98. The van der Waals surface area contributed by atoms with Gasteiger partial charge in [-0.2, -0.15) is 0 Å². The van der Waals surface area contributed by atoms with E-state index in [1.54, 1.807) is 0 Å². The molecule has 0 saturated heterocycles. The van der Waals surface area contributed by atoms with Crippen LogP contribution in [0.1, 0.15) is 5.56 Å². The van der Waals surface area contributed by atoms with Gasteiger partial charge in [-0.25, -0.2) is 0 Å². The molecule has 1 aliphatic rings. The van der Waals surface area contributed by atoms with E-state index in [1.807, 2.05) is 12.4 Å². The molecule has 1 aliphatic heterocycles. The third-order valence-electron chi connectivity index (χ3n) is 2.63. The lowest BCUT2D eigenvalue weighted by Crippen LogP contribution is -1.90. The number of pyridine rings is 1. The number of nitrogens with one attached hydrogen (secondary N) is 1. The first-order chi connectivity index (χ1) is 6.45. The molecular formula is C11H10N2. The molecule has 2 nitrogen and oxygen atoms in total. The molecule has 0 bridgehead atoms. The second-order valence-corrected chi connectivity index (χ2v) is 3.37. The highest BCUT2D eigenvalue weighted by atomic mass is 14.9. The highest BCUT2D eigenvalue weighted by molar-refractivity contribution is 5.90. The van der Waals surface area contributed by atoms with E-state index in [9.17, 15) is 0 Å². The summed E-state index contributed by atoms with van der Waals surface area (Å²) in [7, 11) is 0. The van der Waals surface area contributed by atoms with Crippen molar-refractivity contribution >= 4 is 16.5 Å². The number of benzene rings is 1. The van der Waals surface area contributed by atoms with Crippen molar-refractivity contribution in [2.75, 3.05) is 11.9 Å². The Bertz CT molecular complexity index is 463. The number of nitrogens with zero attached hydrogens (tertiary/aromatic N) is 1. The van der Waals surface area contributed by atoms with Gasteiger partial charge in [0.1, 0.15) is 0 Å². The van der Waals surface area contributed by atoms with Crippen LogP contribution in [0.3, 0.4) is 0 Å². The van der Waals surface area contributed by atoms with Gasteiger partial charge in [0.25, 0.3) is 0 Å². The zero-order valence-electron chi connectivity index (χ0n) is 7.25. The minimum absolute atomic E-state index is 1.06. The Balaban J connectivity index is 2.43. The minimum Gasteiger partial charge on any atom is -0.384 e. The van der Waals surface area contributed by atoms with Gasteiger partial charge >= 0.3 is 0 Å². The summed E-state index contributed by atoms with van der Waals surface area (Å²) in [6.45, 7) is 1.06. The molecule has 2 aromatic rings. The molecule has 3 rings (SSSR count). The van der Waals surface area contributed by atoms with Gasteiger partial charge in [0.05, 0.1) is 0 Å². The van der Waals surface area contributed by atoms with E-state index >= 15 is 0 Å². The first kappa shape index (κ1) is 6.89. The smallest absolute Gasteiger partial charge is 0.0380 e. The van der Waals surface area contributed by atoms with Crippen LogP contribution in [0.4, 0.5) is 5.69 Å². The highest BCUT2D eigenvalue weighted by Crippen LogP contribution is 2.29. The van der Waals surface area contributed by atoms with Crippen molar-refractivity contribution in [2.45, 2.75) is 6.42 Å². The van der Waals surface area contributed by atoms with Crippen molar-refractivity contribution in [1.29, 1.82) is 0 Å². The number of hydrogen-bond donors (Lipinski definition) is 1. The van der Waals surface area contributed by atoms with Crippen LogP contribution in [0.15, 0.2) is 30.6 Å². The first-order valence-corrected chi connectivity index (χ1v) is 4.54. The van der Waals surface area contributed by atoms with Crippen LogP contribution in [0, 0.1) is 0 Å². The quantitative estimate of drug-likeness (QED) is 0.655. The minimum atomic E-state index is 1.06. The summed E-state index contributed by atoms with van der Waals surface area (Å²) in [5.74, 6) is 0. The van der Waals surface area contributed by atoms with Crippen molar-refractivity contribution in [3.05, 3.63) is 36.2 Å². The van der Waals surface area contributed by atoms with E-state index in [1.165, 1.54) is 22.0 Å². The van der Waals surface area contributed by atoms with Crippen molar-refractivity contribution in [3.63, 3.8) is 0 Å². The number of anilines is 1. The first-order valence-electron chi connectivity index (χ1n) is 4.54.